The van der Waals surface area contributed by atoms with Crippen molar-refractivity contribution in [3.63, 3.8) is 0 Å². The molecule has 1 fully saturated rings. The highest BCUT2D eigenvalue weighted by Crippen LogP contribution is 2.33. The molecule has 166 valence electrons. The minimum atomic E-state index is -0.688. The van der Waals surface area contributed by atoms with Gasteiger partial charge in [-0.2, -0.15) is 0 Å². The van der Waals surface area contributed by atoms with Gasteiger partial charge in [0.25, 0.3) is 5.91 Å². The van der Waals surface area contributed by atoms with Crippen LogP contribution in [0.5, 0.6) is 0 Å². The van der Waals surface area contributed by atoms with Gasteiger partial charge in [-0.25, -0.2) is 19.3 Å². The molecule has 0 aliphatic heterocycles. The molecule has 1 aromatic carbocycles. The van der Waals surface area contributed by atoms with E-state index in [1.54, 1.807) is 30.5 Å². The number of nitrogens with zero attached hydrogens (tertiary/aromatic N) is 3. The first kappa shape index (κ1) is 22.1. The molecule has 32 heavy (non-hydrogen) atoms. The SMILES string of the molecule is Nc1ncc(C2CCC(O)CC2)nc1-c1ccc(C(=O)NCc2cccc(Cl)n2)c(F)c1. The van der Waals surface area contributed by atoms with Crippen molar-refractivity contribution in [2.24, 2.45) is 0 Å². The Labute approximate surface area is 189 Å². The van der Waals surface area contributed by atoms with Gasteiger partial charge in [0.15, 0.2) is 0 Å². The van der Waals surface area contributed by atoms with Gasteiger partial charge >= 0.3 is 0 Å². The number of nitrogens with one attached hydrogen (secondary N) is 1. The van der Waals surface area contributed by atoms with Gasteiger partial charge < -0.3 is 16.2 Å². The number of halogens is 2. The maximum Gasteiger partial charge on any atom is 0.254 e. The van der Waals surface area contributed by atoms with E-state index in [1.807, 2.05) is 0 Å². The predicted molar refractivity (Wildman–Crippen MR) is 119 cm³/mol. The van der Waals surface area contributed by atoms with Crippen LogP contribution >= 0.6 is 11.6 Å². The topological polar surface area (TPSA) is 114 Å². The van der Waals surface area contributed by atoms with Crippen LogP contribution in [0.15, 0.2) is 42.6 Å². The highest BCUT2D eigenvalue weighted by molar-refractivity contribution is 6.29. The van der Waals surface area contributed by atoms with Crippen LogP contribution in [-0.4, -0.2) is 32.1 Å². The molecule has 2 aromatic heterocycles. The van der Waals surface area contributed by atoms with E-state index in [9.17, 15) is 14.3 Å². The van der Waals surface area contributed by atoms with Crippen LogP contribution in [0.1, 0.15) is 53.3 Å². The molecule has 7 nitrogen and oxygen atoms in total. The van der Waals surface area contributed by atoms with Gasteiger partial charge in [0.05, 0.1) is 35.8 Å². The van der Waals surface area contributed by atoms with Gasteiger partial charge in [0, 0.05) is 11.5 Å². The summed E-state index contributed by atoms with van der Waals surface area (Å²) in [5.74, 6) is -0.885. The molecule has 3 aromatic rings. The van der Waals surface area contributed by atoms with E-state index in [1.165, 1.54) is 12.1 Å². The molecule has 0 bridgehead atoms. The molecule has 4 rings (SSSR count). The lowest BCUT2D eigenvalue weighted by Gasteiger charge is -2.25. The number of amides is 1. The first-order valence-electron chi connectivity index (χ1n) is 10.4. The van der Waals surface area contributed by atoms with E-state index < -0.39 is 11.7 Å². The molecule has 0 atom stereocenters. The first-order chi connectivity index (χ1) is 15.4. The number of nitrogens with two attached hydrogens (primary N) is 1. The number of hydrogen-bond acceptors (Lipinski definition) is 6. The number of aliphatic hydroxyl groups excluding tert-OH is 1. The second-order valence-corrected chi connectivity index (χ2v) is 8.25. The van der Waals surface area contributed by atoms with Crippen LogP contribution in [0.3, 0.4) is 0 Å². The monoisotopic (exact) mass is 455 g/mol. The van der Waals surface area contributed by atoms with Gasteiger partial charge in [-0.1, -0.05) is 23.7 Å². The number of carbonyl (C=O) groups excluding carboxylic acids is 1. The molecule has 9 heteroatoms. The van der Waals surface area contributed by atoms with Crippen LogP contribution in [0, 0.1) is 5.82 Å². The predicted octanol–water partition coefficient (Wildman–Crippen LogP) is 3.86. The molecule has 2 heterocycles. The van der Waals surface area contributed by atoms with Crippen LogP contribution in [-0.2, 0) is 6.54 Å². The van der Waals surface area contributed by atoms with Crippen LogP contribution < -0.4 is 11.1 Å². The van der Waals surface area contributed by atoms with E-state index in [0.717, 1.165) is 31.4 Å². The van der Waals surface area contributed by atoms with Gasteiger partial charge in [-0.05, 0) is 49.9 Å². The maximum atomic E-state index is 14.8. The number of benzene rings is 1. The number of anilines is 1. The Bertz CT molecular complexity index is 1140. The van der Waals surface area contributed by atoms with Gasteiger partial charge in [0.2, 0.25) is 0 Å². The zero-order chi connectivity index (χ0) is 22.7. The number of pyridine rings is 1. The van der Waals surface area contributed by atoms with Crippen molar-refractivity contribution in [3.05, 3.63) is 70.5 Å². The van der Waals surface area contributed by atoms with Gasteiger partial charge in [0.1, 0.15) is 22.5 Å². The minimum absolute atomic E-state index is 0.0975. The van der Waals surface area contributed by atoms with Crippen molar-refractivity contribution in [1.82, 2.24) is 20.3 Å². The summed E-state index contributed by atoms with van der Waals surface area (Å²) in [6.07, 6.45) is 4.44. The fourth-order valence-corrected chi connectivity index (χ4v) is 4.04. The summed E-state index contributed by atoms with van der Waals surface area (Å²) >= 11 is 5.84. The number of nitrogen functional groups attached to an aromatic ring is 1. The Morgan fingerprint density at radius 1 is 1.19 bits per heavy atom. The van der Waals surface area contributed by atoms with Crippen LogP contribution in [0.25, 0.3) is 11.3 Å². The van der Waals surface area contributed by atoms with Gasteiger partial charge in [-0.3, -0.25) is 4.79 Å². The highest BCUT2D eigenvalue weighted by Gasteiger charge is 2.23. The van der Waals surface area contributed by atoms with Crippen molar-refractivity contribution in [1.29, 1.82) is 0 Å². The summed E-state index contributed by atoms with van der Waals surface area (Å²) in [7, 11) is 0. The highest BCUT2D eigenvalue weighted by atomic mass is 35.5. The number of aromatic nitrogens is 3. The fourth-order valence-electron chi connectivity index (χ4n) is 3.85. The Hall–Kier alpha value is -3.10. The van der Waals surface area contributed by atoms with Crippen molar-refractivity contribution >= 4 is 23.3 Å². The first-order valence-corrected chi connectivity index (χ1v) is 10.8. The third-order valence-corrected chi connectivity index (χ3v) is 5.83. The minimum Gasteiger partial charge on any atom is -0.393 e. The van der Waals surface area contributed by atoms with Crippen molar-refractivity contribution < 1.29 is 14.3 Å². The molecule has 0 unspecified atom stereocenters. The number of aliphatic hydroxyl groups is 1. The summed E-state index contributed by atoms with van der Waals surface area (Å²) in [5, 5.41) is 12.7. The fraction of sp³-hybridized carbons (Fsp3) is 0.304. The Morgan fingerprint density at radius 2 is 1.97 bits per heavy atom. The zero-order valence-electron chi connectivity index (χ0n) is 17.3. The molecule has 0 saturated heterocycles. The average Bonchev–Trinajstić information content (AvgIpc) is 2.78. The van der Waals surface area contributed by atoms with E-state index >= 15 is 0 Å². The zero-order valence-corrected chi connectivity index (χ0v) is 18.0. The summed E-state index contributed by atoms with van der Waals surface area (Å²) in [6.45, 7) is 0.122. The second-order valence-electron chi connectivity index (χ2n) is 7.86. The molecule has 1 aliphatic carbocycles. The largest absolute Gasteiger partial charge is 0.393 e. The third kappa shape index (κ3) is 5.03. The Balaban J connectivity index is 1.51. The normalized spacial score (nSPS) is 18.3. The molecule has 4 N–H and O–H groups in total. The average molecular weight is 456 g/mol. The van der Waals surface area contributed by atoms with E-state index in [0.29, 0.717) is 22.1 Å². The number of rotatable bonds is 5. The lowest BCUT2D eigenvalue weighted by Crippen LogP contribution is -2.24. The smallest absolute Gasteiger partial charge is 0.254 e. The van der Waals surface area contributed by atoms with Crippen molar-refractivity contribution in [2.75, 3.05) is 5.73 Å². The number of carbonyl (C=O) groups is 1. The summed E-state index contributed by atoms with van der Waals surface area (Å²) < 4.78 is 14.8. The third-order valence-electron chi connectivity index (χ3n) is 5.62. The molecule has 1 amide bonds. The molecular formula is C23H23ClFN5O2. The van der Waals surface area contributed by atoms with Crippen molar-refractivity contribution in [3.8, 4) is 11.3 Å². The lowest BCUT2D eigenvalue weighted by molar-refractivity contribution is 0.0946. The Kier molecular flexibility index (Phi) is 6.62. The molecule has 0 radical (unpaired) electrons. The molecular weight excluding hydrogens is 433 g/mol. The summed E-state index contributed by atoms with van der Waals surface area (Å²) in [6, 6.07) is 9.31. The quantitative estimate of drug-likeness (QED) is 0.503. The number of hydrogen-bond donors (Lipinski definition) is 3. The molecule has 0 spiro atoms. The van der Waals surface area contributed by atoms with E-state index in [-0.39, 0.29) is 29.9 Å². The van der Waals surface area contributed by atoms with Gasteiger partial charge in [-0.15, -0.1) is 0 Å². The molecule has 1 aliphatic rings. The molecule has 1 saturated carbocycles. The summed E-state index contributed by atoms with van der Waals surface area (Å²) in [5.41, 5.74) is 8.08. The standard InChI is InChI=1S/C23H23ClFN5O2/c24-20-3-1-2-15(29-20)11-28-23(32)17-9-6-14(10-18(17)25)21-22(26)27-12-19(30-21)13-4-7-16(31)8-5-13/h1-3,6,9-10,12-13,16,31H,4-5,7-8,11H2,(H2,26,27)(H,28,32). The van der Waals surface area contributed by atoms with E-state index in [2.05, 4.69) is 20.3 Å². The maximum absolute atomic E-state index is 14.8. The summed E-state index contributed by atoms with van der Waals surface area (Å²) in [4.78, 5) is 25.4. The van der Waals surface area contributed by atoms with Crippen molar-refractivity contribution in [2.45, 2.75) is 44.2 Å². The van der Waals surface area contributed by atoms with Crippen LogP contribution in [0.2, 0.25) is 5.15 Å². The van der Waals surface area contributed by atoms with E-state index in [4.69, 9.17) is 17.3 Å². The second kappa shape index (κ2) is 9.58. The van der Waals surface area contributed by atoms with Crippen LogP contribution in [0.4, 0.5) is 10.2 Å². The lowest BCUT2D eigenvalue weighted by atomic mass is 9.85. The Morgan fingerprint density at radius 3 is 2.69 bits per heavy atom.